The molecule has 5 heteroatoms. The van der Waals surface area contributed by atoms with Crippen LogP contribution >= 0.6 is 0 Å². The minimum Gasteiger partial charge on any atom is -0.314 e. The molecule has 1 atom stereocenters. The van der Waals surface area contributed by atoms with E-state index in [0.29, 0.717) is 6.04 Å². The first-order valence-electron chi connectivity index (χ1n) is 7.16. The van der Waals surface area contributed by atoms with Crippen LogP contribution in [0, 0.1) is 0 Å². The standard InChI is InChI=1S/C13H25N5/c1-3-5-12-9-14-6-8-17(12)10-13-15-11-16-18(13)7-4-2/h11-12,14H,3-10H2,1-2H3. The summed E-state index contributed by atoms with van der Waals surface area (Å²) in [6.45, 7) is 9.65. The first-order chi connectivity index (χ1) is 8.85. The zero-order chi connectivity index (χ0) is 12.8. The fraction of sp³-hybridized carbons (Fsp3) is 0.846. The topological polar surface area (TPSA) is 46.0 Å². The highest BCUT2D eigenvalue weighted by Crippen LogP contribution is 2.13. The molecule has 0 bridgehead atoms. The molecule has 0 spiro atoms. The quantitative estimate of drug-likeness (QED) is 0.827. The Kier molecular flexibility index (Phi) is 5.13. The molecule has 1 saturated heterocycles. The number of nitrogens with one attached hydrogen (secondary N) is 1. The first-order valence-corrected chi connectivity index (χ1v) is 7.16. The summed E-state index contributed by atoms with van der Waals surface area (Å²) in [6.07, 6.45) is 5.29. The fourth-order valence-electron chi connectivity index (χ4n) is 2.62. The van der Waals surface area contributed by atoms with Gasteiger partial charge in [-0.3, -0.25) is 4.90 Å². The van der Waals surface area contributed by atoms with Gasteiger partial charge >= 0.3 is 0 Å². The van der Waals surface area contributed by atoms with Crippen molar-refractivity contribution in [3.63, 3.8) is 0 Å². The molecule has 0 radical (unpaired) electrons. The summed E-state index contributed by atoms with van der Waals surface area (Å²) in [7, 11) is 0. The zero-order valence-electron chi connectivity index (χ0n) is 11.6. The Morgan fingerprint density at radius 2 is 2.28 bits per heavy atom. The molecule has 1 unspecified atom stereocenters. The Hall–Kier alpha value is -0.940. The Morgan fingerprint density at radius 3 is 3.06 bits per heavy atom. The van der Waals surface area contributed by atoms with Gasteiger partial charge in [-0.05, 0) is 12.8 Å². The van der Waals surface area contributed by atoms with Gasteiger partial charge in [0.1, 0.15) is 12.2 Å². The van der Waals surface area contributed by atoms with Gasteiger partial charge in [-0.2, -0.15) is 5.10 Å². The Balaban J connectivity index is 1.99. The van der Waals surface area contributed by atoms with Gasteiger partial charge in [-0.1, -0.05) is 20.3 Å². The van der Waals surface area contributed by atoms with Crippen LogP contribution < -0.4 is 5.32 Å². The van der Waals surface area contributed by atoms with Gasteiger partial charge in [0.25, 0.3) is 0 Å². The summed E-state index contributed by atoms with van der Waals surface area (Å²) in [5.74, 6) is 1.11. The van der Waals surface area contributed by atoms with Crippen LogP contribution in [0.15, 0.2) is 6.33 Å². The van der Waals surface area contributed by atoms with Gasteiger partial charge in [-0.15, -0.1) is 0 Å². The van der Waals surface area contributed by atoms with E-state index in [1.807, 2.05) is 4.68 Å². The SMILES string of the molecule is CCCC1CNCCN1Cc1ncnn1CCC. The second-order valence-electron chi connectivity index (χ2n) is 5.02. The van der Waals surface area contributed by atoms with Crippen LogP contribution in [-0.4, -0.2) is 45.3 Å². The average molecular weight is 251 g/mol. The van der Waals surface area contributed by atoms with Crippen molar-refractivity contribution in [1.29, 1.82) is 0 Å². The molecule has 0 saturated carbocycles. The van der Waals surface area contributed by atoms with Crippen LogP contribution in [0.1, 0.15) is 38.9 Å². The van der Waals surface area contributed by atoms with Crippen molar-refractivity contribution in [2.75, 3.05) is 19.6 Å². The third-order valence-electron chi connectivity index (χ3n) is 3.57. The Labute approximate surface area is 110 Å². The second-order valence-corrected chi connectivity index (χ2v) is 5.02. The van der Waals surface area contributed by atoms with E-state index >= 15 is 0 Å². The average Bonchev–Trinajstić information content (AvgIpc) is 2.80. The molecule has 1 aliphatic heterocycles. The number of rotatable bonds is 6. The van der Waals surface area contributed by atoms with E-state index in [4.69, 9.17) is 0 Å². The molecule has 2 heterocycles. The van der Waals surface area contributed by atoms with Gasteiger partial charge in [0.15, 0.2) is 0 Å². The molecule has 1 aliphatic rings. The lowest BCUT2D eigenvalue weighted by molar-refractivity contribution is 0.138. The van der Waals surface area contributed by atoms with Crippen LogP contribution in [-0.2, 0) is 13.1 Å². The van der Waals surface area contributed by atoms with Gasteiger partial charge in [0, 0.05) is 32.2 Å². The predicted octanol–water partition coefficient (Wildman–Crippen LogP) is 1.26. The van der Waals surface area contributed by atoms with Gasteiger partial charge in [-0.25, -0.2) is 9.67 Å². The summed E-state index contributed by atoms with van der Waals surface area (Å²) in [6, 6.07) is 0.649. The van der Waals surface area contributed by atoms with Crippen LogP contribution in [0.2, 0.25) is 0 Å². The highest BCUT2D eigenvalue weighted by Gasteiger charge is 2.22. The van der Waals surface area contributed by atoms with Crippen LogP contribution in [0.3, 0.4) is 0 Å². The molecule has 18 heavy (non-hydrogen) atoms. The molecule has 1 aromatic heterocycles. The molecule has 5 nitrogen and oxygen atoms in total. The van der Waals surface area contributed by atoms with E-state index in [9.17, 15) is 0 Å². The third kappa shape index (κ3) is 3.29. The number of piperazine rings is 1. The number of aryl methyl sites for hydroxylation is 1. The van der Waals surface area contributed by atoms with Crippen molar-refractivity contribution in [3.8, 4) is 0 Å². The summed E-state index contributed by atoms with van der Waals surface area (Å²) in [4.78, 5) is 6.97. The van der Waals surface area contributed by atoms with Crippen molar-refractivity contribution < 1.29 is 0 Å². The number of hydrogen-bond donors (Lipinski definition) is 1. The molecule has 1 fully saturated rings. The molecule has 0 amide bonds. The number of nitrogens with zero attached hydrogens (tertiary/aromatic N) is 4. The number of aromatic nitrogens is 3. The second kappa shape index (κ2) is 6.85. The molecule has 1 aromatic rings. The molecule has 1 N–H and O–H groups in total. The maximum atomic E-state index is 4.41. The minimum absolute atomic E-state index is 0.649. The highest BCUT2D eigenvalue weighted by atomic mass is 15.4. The van der Waals surface area contributed by atoms with E-state index < -0.39 is 0 Å². The fourth-order valence-corrected chi connectivity index (χ4v) is 2.62. The van der Waals surface area contributed by atoms with Crippen LogP contribution in [0.5, 0.6) is 0 Å². The highest BCUT2D eigenvalue weighted by molar-refractivity contribution is 4.89. The summed E-state index contributed by atoms with van der Waals surface area (Å²) in [5.41, 5.74) is 0. The first kappa shape index (κ1) is 13.5. The molecular weight excluding hydrogens is 226 g/mol. The lowest BCUT2D eigenvalue weighted by atomic mass is 10.1. The summed E-state index contributed by atoms with van der Waals surface area (Å²) < 4.78 is 2.05. The lowest BCUT2D eigenvalue weighted by Crippen LogP contribution is -2.50. The lowest BCUT2D eigenvalue weighted by Gasteiger charge is -2.35. The normalized spacial score (nSPS) is 21.3. The molecule has 2 rings (SSSR count). The van der Waals surface area contributed by atoms with Gasteiger partial charge in [0.2, 0.25) is 0 Å². The minimum atomic E-state index is 0.649. The van der Waals surface area contributed by atoms with Gasteiger partial charge in [0.05, 0.1) is 6.54 Å². The summed E-state index contributed by atoms with van der Waals surface area (Å²) in [5, 5.41) is 7.79. The maximum Gasteiger partial charge on any atom is 0.141 e. The largest absolute Gasteiger partial charge is 0.314 e. The van der Waals surface area contributed by atoms with Crippen molar-refractivity contribution in [3.05, 3.63) is 12.2 Å². The molecule has 0 aliphatic carbocycles. The Morgan fingerprint density at radius 1 is 1.39 bits per heavy atom. The maximum absolute atomic E-state index is 4.41. The third-order valence-corrected chi connectivity index (χ3v) is 3.57. The van der Waals surface area contributed by atoms with Crippen molar-refractivity contribution in [1.82, 2.24) is 25.0 Å². The van der Waals surface area contributed by atoms with E-state index in [2.05, 4.69) is 34.1 Å². The molecule has 102 valence electrons. The van der Waals surface area contributed by atoms with Crippen LogP contribution in [0.25, 0.3) is 0 Å². The van der Waals surface area contributed by atoms with Crippen molar-refractivity contribution in [2.24, 2.45) is 0 Å². The monoisotopic (exact) mass is 251 g/mol. The van der Waals surface area contributed by atoms with E-state index in [1.165, 1.54) is 12.8 Å². The molecule has 0 aromatic carbocycles. The zero-order valence-corrected chi connectivity index (χ0v) is 11.6. The summed E-state index contributed by atoms with van der Waals surface area (Å²) >= 11 is 0. The van der Waals surface area contributed by atoms with E-state index in [-0.39, 0.29) is 0 Å². The van der Waals surface area contributed by atoms with Crippen molar-refractivity contribution >= 4 is 0 Å². The van der Waals surface area contributed by atoms with E-state index in [1.54, 1.807) is 6.33 Å². The predicted molar refractivity (Wildman–Crippen MR) is 72.3 cm³/mol. The van der Waals surface area contributed by atoms with Crippen molar-refractivity contribution in [2.45, 2.75) is 52.2 Å². The van der Waals surface area contributed by atoms with E-state index in [0.717, 1.165) is 45.0 Å². The Bertz CT molecular complexity index is 347. The smallest absolute Gasteiger partial charge is 0.141 e. The van der Waals surface area contributed by atoms with Gasteiger partial charge < -0.3 is 5.32 Å². The van der Waals surface area contributed by atoms with Crippen LogP contribution in [0.4, 0.5) is 0 Å². The molecular formula is C13H25N5. The number of hydrogen-bond acceptors (Lipinski definition) is 4.